The van der Waals surface area contributed by atoms with Crippen LogP contribution >= 0.6 is 0 Å². The molecule has 0 saturated heterocycles. The van der Waals surface area contributed by atoms with Gasteiger partial charge in [-0.3, -0.25) is 0 Å². The van der Waals surface area contributed by atoms with E-state index in [-0.39, 0.29) is 42.5 Å². The first kappa shape index (κ1) is 21.1. The van der Waals surface area contributed by atoms with Crippen LogP contribution in [0.2, 0.25) is 0 Å². The van der Waals surface area contributed by atoms with Crippen molar-refractivity contribution in [2.24, 2.45) is 5.73 Å². The number of esters is 3. The van der Waals surface area contributed by atoms with Crippen molar-refractivity contribution in [3.8, 4) is 0 Å². The van der Waals surface area contributed by atoms with E-state index in [0.29, 0.717) is 11.3 Å². The van der Waals surface area contributed by atoms with Gasteiger partial charge in [0.05, 0.1) is 6.61 Å². The maximum atomic E-state index is 13.3. The van der Waals surface area contributed by atoms with Gasteiger partial charge < -0.3 is 30.0 Å². The van der Waals surface area contributed by atoms with Gasteiger partial charge in [-0.2, -0.15) is 0 Å². The van der Waals surface area contributed by atoms with Crippen molar-refractivity contribution in [3.63, 3.8) is 0 Å². The molecule has 2 heterocycles. The Morgan fingerprint density at radius 2 is 1.90 bits per heavy atom. The lowest BCUT2D eigenvalue weighted by atomic mass is 9.67. The molecule has 0 aromatic heterocycles. The Morgan fingerprint density at radius 1 is 1.20 bits per heavy atom. The van der Waals surface area contributed by atoms with Gasteiger partial charge >= 0.3 is 17.9 Å². The molecular weight excluding hydrogens is 392 g/mol. The Morgan fingerprint density at radius 3 is 2.60 bits per heavy atom. The number of anilines is 1. The van der Waals surface area contributed by atoms with Crippen LogP contribution in [0.4, 0.5) is 5.69 Å². The van der Waals surface area contributed by atoms with Gasteiger partial charge in [-0.25, -0.2) is 14.4 Å². The number of allylic oxidation sites excluding steroid dienone is 1. The zero-order chi connectivity index (χ0) is 21.9. The SMILES string of the molecule is C=CCOC(=O)C1=C(C)OC(=O)[C@@]12C(C(=O)OCCOC)=C(N)Nc1ccccc12. The van der Waals surface area contributed by atoms with E-state index in [4.69, 9.17) is 24.7 Å². The van der Waals surface area contributed by atoms with E-state index < -0.39 is 23.3 Å². The molecule has 3 rings (SSSR count). The summed E-state index contributed by atoms with van der Waals surface area (Å²) in [7, 11) is 1.45. The van der Waals surface area contributed by atoms with E-state index in [9.17, 15) is 14.4 Å². The number of nitrogens with one attached hydrogen (secondary N) is 1. The largest absolute Gasteiger partial charge is 0.460 e. The summed E-state index contributed by atoms with van der Waals surface area (Å²) in [5.41, 5.74) is 4.62. The number of ether oxygens (including phenoxy) is 4. The molecule has 0 aliphatic carbocycles. The van der Waals surface area contributed by atoms with Crippen LogP contribution in [0, 0.1) is 0 Å². The molecule has 1 aromatic carbocycles. The number of benzene rings is 1. The summed E-state index contributed by atoms with van der Waals surface area (Å²) in [6.07, 6.45) is 1.39. The number of hydrogen-bond donors (Lipinski definition) is 2. The minimum atomic E-state index is -1.93. The third kappa shape index (κ3) is 3.22. The van der Waals surface area contributed by atoms with Gasteiger partial charge in [-0.1, -0.05) is 30.9 Å². The Balaban J connectivity index is 2.24. The highest BCUT2D eigenvalue weighted by Crippen LogP contribution is 2.52. The first-order valence-electron chi connectivity index (χ1n) is 9.14. The summed E-state index contributed by atoms with van der Waals surface area (Å²) in [5, 5.41) is 2.90. The van der Waals surface area contributed by atoms with Crippen LogP contribution in [-0.2, 0) is 38.7 Å². The predicted molar refractivity (Wildman–Crippen MR) is 106 cm³/mol. The Hall–Kier alpha value is -3.59. The van der Waals surface area contributed by atoms with Crippen LogP contribution in [0.1, 0.15) is 12.5 Å². The molecule has 0 radical (unpaired) electrons. The molecule has 1 atom stereocenters. The normalized spacial score (nSPS) is 19.9. The van der Waals surface area contributed by atoms with Crippen LogP contribution in [0.15, 0.2) is 59.6 Å². The Labute approximate surface area is 173 Å². The highest BCUT2D eigenvalue weighted by atomic mass is 16.6. The quantitative estimate of drug-likeness (QED) is 0.293. The molecule has 0 saturated carbocycles. The van der Waals surface area contributed by atoms with E-state index >= 15 is 0 Å². The lowest BCUT2D eigenvalue weighted by Gasteiger charge is -2.35. The third-order valence-corrected chi connectivity index (χ3v) is 4.78. The molecule has 2 aliphatic rings. The number of carbonyl (C=O) groups excluding carboxylic acids is 3. The van der Waals surface area contributed by atoms with Crippen molar-refractivity contribution >= 4 is 23.6 Å². The predicted octanol–water partition coefficient (Wildman–Crippen LogP) is 1.27. The summed E-state index contributed by atoms with van der Waals surface area (Å²) < 4.78 is 20.7. The minimum absolute atomic E-state index is 0.0146. The summed E-state index contributed by atoms with van der Waals surface area (Å²) >= 11 is 0. The standard InChI is InChI=1S/C21H22N2O7/c1-4-9-28-18(24)15-12(2)30-20(26)21(15)13-7-5-6-8-14(13)23-17(22)16(21)19(25)29-11-10-27-3/h4-8,23H,1,9-11,22H2,2-3H3/t21-/m1/s1. The number of methoxy groups -OCH3 is 1. The second kappa shape index (κ2) is 8.42. The molecule has 3 N–H and O–H groups in total. The molecule has 1 spiro atoms. The molecule has 9 heteroatoms. The smallest absolute Gasteiger partial charge is 0.339 e. The van der Waals surface area contributed by atoms with E-state index in [1.165, 1.54) is 20.1 Å². The maximum absolute atomic E-state index is 13.3. The first-order chi connectivity index (χ1) is 14.4. The second-order valence-corrected chi connectivity index (χ2v) is 6.55. The Bertz CT molecular complexity index is 979. The molecule has 0 amide bonds. The average molecular weight is 414 g/mol. The first-order valence-corrected chi connectivity index (χ1v) is 9.14. The van der Waals surface area contributed by atoms with Gasteiger partial charge in [-0.05, 0) is 13.0 Å². The molecular formula is C21H22N2O7. The molecule has 0 fully saturated rings. The topological polar surface area (TPSA) is 126 Å². The van der Waals surface area contributed by atoms with Crippen molar-refractivity contribution in [1.29, 1.82) is 0 Å². The van der Waals surface area contributed by atoms with Gasteiger partial charge in [0.1, 0.15) is 35.9 Å². The minimum Gasteiger partial charge on any atom is -0.460 e. The number of fused-ring (bicyclic) bond motifs is 2. The summed E-state index contributed by atoms with van der Waals surface area (Å²) in [4.78, 5) is 39.3. The third-order valence-electron chi connectivity index (χ3n) is 4.78. The zero-order valence-electron chi connectivity index (χ0n) is 16.7. The number of para-hydroxylation sites is 1. The molecule has 0 bridgehead atoms. The highest BCUT2D eigenvalue weighted by molar-refractivity contribution is 6.15. The molecule has 1 aromatic rings. The lowest BCUT2D eigenvalue weighted by Crippen LogP contribution is -2.48. The van der Waals surface area contributed by atoms with Crippen LogP contribution < -0.4 is 11.1 Å². The lowest BCUT2D eigenvalue weighted by molar-refractivity contribution is -0.147. The molecule has 9 nitrogen and oxygen atoms in total. The molecule has 158 valence electrons. The number of rotatable bonds is 7. The molecule has 2 aliphatic heterocycles. The Kier molecular flexibility index (Phi) is 5.93. The van der Waals surface area contributed by atoms with Gasteiger partial charge in [0.15, 0.2) is 5.41 Å². The van der Waals surface area contributed by atoms with Crippen molar-refractivity contribution in [2.75, 3.05) is 32.2 Å². The van der Waals surface area contributed by atoms with Gasteiger partial charge in [-0.15, -0.1) is 0 Å². The molecule has 30 heavy (non-hydrogen) atoms. The zero-order valence-corrected chi connectivity index (χ0v) is 16.7. The summed E-state index contributed by atoms with van der Waals surface area (Å²) in [5.74, 6) is -2.67. The summed E-state index contributed by atoms with van der Waals surface area (Å²) in [6.45, 7) is 4.94. The maximum Gasteiger partial charge on any atom is 0.339 e. The number of nitrogens with two attached hydrogens (primary N) is 1. The van der Waals surface area contributed by atoms with Gasteiger partial charge in [0.2, 0.25) is 0 Å². The van der Waals surface area contributed by atoms with Crippen LogP contribution in [0.3, 0.4) is 0 Å². The van der Waals surface area contributed by atoms with Crippen LogP contribution in [-0.4, -0.2) is 44.8 Å². The van der Waals surface area contributed by atoms with Crippen LogP contribution in [0.5, 0.6) is 0 Å². The second-order valence-electron chi connectivity index (χ2n) is 6.55. The van der Waals surface area contributed by atoms with Crippen molar-refractivity contribution in [1.82, 2.24) is 0 Å². The summed E-state index contributed by atoms with van der Waals surface area (Å²) in [6, 6.07) is 6.68. The fourth-order valence-electron chi connectivity index (χ4n) is 3.62. The number of carbonyl (C=O) groups is 3. The van der Waals surface area contributed by atoms with Crippen molar-refractivity contribution in [2.45, 2.75) is 12.3 Å². The average Bonchev–Trinajstić information content (AvgIpc) is 2.96. The highest BCUT2D eigenvalue weighted by Gasteiger charge is 2.62. The number of cyclic esters (lactones) is 1. The van der Waals surface area contributed by atoms with E-state index in [2.05, 4.69) is 11.9 Å². The molecule has 0 unspecified atom stereocenters. The fourth-order valence-corrected chi connectivity index (χ4v) is 3.62. The van der Waals surface area contributed by atoms with Crippen LogP contribution in [0.25, 0.3) is 0 Å². The van der Waals surface area contributed by atoms with E-state index in [1.54, 1.807) is 24.3 Å². The number of hydrogen-bond acceptors (Lipinski definition) is 9. The fraction of sp³-hybridized carbons (Fsp3) is 0.286. The van der Waals surface area contributed by atoms with Crippen molar-refractivity contribution < 1.29 is 33.3 Å². The van der Waals surface area contributed by atoms with Gasteiger partial charge in [0.25, 0.3) is 0 Å². The van der Waals surface area contributed by atoms with Crippen molar-refractivity contribution in [3.05, 3.63) is 65.2 Å². The van der Waals surface area contributed by atoms with E-state index in [0.717, 1.165) is 0 Å². The van der Waals surface area contributed by atoms with Gasteiger partial charge in [0, 0.05) is 18.4 Å². The monoisotopic (exact) mass is 414 g/mol. The van der Waals surface area contributed by atoms with E-state index in [1.807, 2.05) is 0 Å².